The third kappa shape index (κ3) is 3.23. The summed E-state index contributed by atoms with van der Waals surface area (Å²) in [6.45, 7) is 3.17. The summed E-state index contributed by atoms with van der Waals surface area (Å²) < 4.78 is 0. The van der Waals surface area contributed by atoms with Crippen LogP contribution in [-0.2, 0) is 0 Å². The first kappa shape index (κ1) is 13.4. The Balaban J connectivity index is 1.78. The highest BCUT2D eigenvalue weighted by molar-refractivity contribution is 4.90. The van der Waals surface area contributed by atoms with Gasteiger partial charge in [0.05, 0.1) is 0 Å². The molecule has 0 aromatic heterocycles. The Labute approximate surface area is 107 Å². The molecule has 4 N–H and O–H groups in total. The Morgan fingerprint density at radius 1 is 1.06 bits per heavy atom. The smallest absolute Gasteiger partial charge is 0.00415 e. The van der Waals surface area contributed by atoms with E-state index < -0.39 is 0 Å². The molecular formula is C15H30N2. The van der Waals surface area contributed by atoms with Gasteiger partial charge >= 0.3 is 0 Å². The molecular weight excluding hydrogens is 208 g/mol. The molecule has 2 aliphatic carbocycles. The second kappa shape index (κ2) is 6.19. The second-order valence-electron chi connectivity index (χ2n) is 6.44. The van der Waals surface area contributed by atoms with Crippen molar-refractivity contribution in [2.45, 2.75) is 64.3 Å². The predicted molar refractivity (Wildman–Crippen MR) is 73.6 cm³/mol. The summed E-state index contributed by atoms with van der Waals surface area (Å²) in [5, 5.41) is 0. The highest BCUT2D eigenvalue weighted by Gasteiger charge is 2.38. The van der Waals surface area contributed by atoms with Gasteiger partial charge in [-0.2, -0.15) is 0 Å². The highest BCUT2D eigenvalue weighted by Crippen LogP contribution is 2.47. The number of hydrogen-bond donors (Lipinski definition) is 2. The van der Waals surface area contributed by atoms with Crippen molar-refractivity contribution in [2.24, 2.45) is 35.1 Å². The molecule has 0 amide bonds. The minimum absolute atomic E-state index is 0.484. The van der Waals surface area contributed by atoms with E-state index in [-0.39, 0.29) is 0 Å². The average Bonchev–Trinajstić information content (AvgIpc) is 2.47. The van der Waals surface area contributed by atoms with E-state index in [4.69, 9.17) is 11.5 Å². The van der Waals surface area contributed by atoms with E-state index in [2.05, 4.69) is 6.92 Å². The van der Waals surface area contributed by atoms with Gasteiger partial charge in [0, 0.05) is 6.04 Å². The van der Waals surface area contributed by atoms with Gasteiger partial charge in [-0.05, 0) is 55.9 Å². The van der Waals surface area contributed by atoms with Crippen molar-refractivity contribution in [1.29, 1.82) is 0 Å². The zero-order valence-corrected chi connectivity index (χ0v) is 11.4. The van der Waals surface area contributed by atoms with Crippen LogP contribution in [0.3, 0.4) is 0 Å². The van der Waals surface area contributed by atoms with Crippen LogP contribution in [0.2, 0.25) is 0 Å². The van der Waals surface area contributed by atoms with Crippen LogP contribution >= 0.6 is 0 Å². The van der Waals surface area contributed by atoms with Gasteiger partial charge in [-0.15, -0.1) is 0 Å². The largest absolute Gasteiger partial charge is 0.330 e. The molecule has 0 radical (unpaired) electrons. The van der Waals surface area contributed by atoms with Gasteiger partial charge in [0.2, 0.25) is 0 Å². The first-order valence-corrected chi connectivity index (χ1v) is 7.70. The molecule has 0 aliphatic heterocycles. The molecule has 17 heavy (non-hydrogen) atoms. The maximum atomic E-state index is 6.17. The van der Waals surface area contributed by atoms with Crippen molar-refractivity contribution in [3.8, 4) is 0 Å². The zero-order chi connectivity index (χ0) is 12.3. The van der Waals surface area contributed by atoms with Crippen LogP contribution in [0.25, 0.3) is 0 Å². The van der Waals surface area contributed by atoms with Crippen LogP contribution in [0.4, 0.5) is 0 Å². The Morgan fingerprint density at radius 2 is 1.76 bits per heavy atom. The minimum Gasteiger partial charge on any atom is -0.330 e. The lowest BCUT2D eigenvalue weighted by molar-refractivity contribution is 0.0677. The molecule has 2 saturated carbocycles. The predicted octanol–water partition coefficient (Wildman–Crippen LogP) is 2.91. The van der Waals surface area contributed by atoms with E-state index in [1.54, 1.807) is 0 Å². The molecule has 100 valence electrons. The van der Waals surface area contributed by atoms with E-state index in [1.165, 1.54) is 51.4 Å². The third-order valence-electron chi connectivity index (χ3n) is 5.38. The van der Waals surface area contributed by atoms with Gasteiger partial charge in [0.25, 0.3) is 0 Å². The van der Waals surface area contributed by atoms with Gasteiger partial charge in [0.15, 0.2) is 0 Å². The van der Waals surface area contributed by atoms with Gasteiger partial charge in [-0.25, -0.2) is 0 Å². The van der Waals surface area contributed by atoms with Crippen LogP contribution in [0, 0.1) is 23.7 Å². The number of nitrogens with two attached hydrogens (primary N) is 2. The molecule has 2 nitrogen and oxygen atoms in total. The normalized spacial score (nSPS) is 40.4. The molecule has 2 rings (SSSR count). The number of hydrogen-bond acceptors (Lipinski definition) is 2. The van der Waals surface area contributed by atoms with Crippen LogP contribution in [0.1, 0.15) is 58.3 Å². The topological polar surface area (TPSA) is 52.0 Å². The molecule has 0 heterocycles. The molecule has 3 atom stereocenters. The molecule has 0 aromatic rings. The highest BCUT2D eigenvalue weighted by atomic mass is 14.6. The summed E-state index contributed by atoms with van der Waals surface area (Å²) >= 11 is 0. The lowest BCUT2D eigenvalue weighted by Crippen LogP contribution is -2.38. The fourth-order valence-corrected chi connectivity index (χ4v) is 4.04. The van der Waals surface area contributed by atoms with Crippen molar-refractivity contribution >= 4 is 0 Å². The van der Waals surface area contributed by atoms with Crippen molar-refractivity contribution in [1.82, 2.24) is 0 Å². The summed E-state index contributed by atoms with van der Waals surface area (Å²) in [5.74, 6) is 3.61. The summed E-state index contributed by atoms with van der Waals surface area (Å²) in [6.07, 6.45) is 10.9. The fourth-order valence-electron chi connectivity index (χ4n) is 4.04. The standard InChI is InChI=1S/C15H30N2/c1-2-11(10-16)13-7-14(8-13)12-5-3-4-6-15(17)9-12/h11-15H,2-10,16-17H2,1H3. The summed E-state index contributed by atoms with van der Waals surface area (Å²) in [5.41, 5.74) is 12.0. The van der Waals surface area contributed by atoms with Gasteiger partial charge in [0.1, 0.15) is 0 Å². The third-order valence-corrected chi connectivity index (χ3v) is 5.38. The lowest BCUT2D eigenvalue weighted by atomic mass is 9.62. The van der Waals surface area contributed by atoms with Crippen LogP contribution in [0.5, 0.6) is 0 Å². The van der Waals surface area contributed by atoms with E-state index in [0.29, 0.717) is 6.04 Å². The van der Waals surface area contributed by atoms with Crippen LogP contribution in [-0.4, -0.2) is 12.6 Å². The fraction of sp³-hybridized carbons (Fsp3) is 1.00. The maximum Gasteiger partial charge on any atom is 0.00415 e. The molecule has 0 spiro atoms. The Kier molecular flexibility index (Phi) is 4.87. The molecule has 2 fully saturated rings. The SMILES string of the molecule is CCC(CN)C1CC(C2CCCCC(N)C2)C1. The molecule has 0 aromatic carbocycles. The van der Waals surface area contributed by atoms with E-state index in [0.717, 1.165) is 30.2 Å². The molecule has 2 heteroatoms. The summed E-state index contributed by atoms with van der Waals surface area (Å²) in [6, 6.07) is 0.484. The minimum atomic E-state index is 0.484. The zero-order valence-electron chi connectivity index (χ0n) is 11.4. The van der Waals surface area contributed by atoms with E-state index in [9.17, 15) is 0 Å². The Hall–Kier alpha value is -0.0800. The quantitative estimate of drug-likeness (QED) is 0.740. The Bertz CT molecular complexity index is 219. The molecule has 3 unspecified atom stereocenters. The van der Waals surface area contributed by atoms with E-state index >= 15 is 0 Å². The number of rotatable bonds is 4. The summed E-state index contributed by atoms with van der Waals surface area (Å²) in [7, 11) is 0. The van der Waals surface area contributed by atoms with E-state index in [1.807, 2.05) is 0 Å². The first-order chi connectivity index (χ1) is 8.24. The maximum absolute atomic E-state index is 6.17. The molecule has 0 bridgehead atoms. The lowest BCUT2D eigenvalue weighted by Gasteiger charge is -2.44. The van der Waals surface area contributed by atoms with Crippen molar-refractivity contribution in [3.63, 3.8) is 0 Å². The first-order valence-electron chi connectivity index (χ1n) is 7.70. The van der Waals surface area contributed by atoms with Gasteiger partial charge in [-0.1, -0.05) is 32.6 Å². The average molecular weight is 238 g/mol. The Morgan fingerprint density at radius 3 is 2.41 bits per heavy atom. The van der Waals surface area contributed by atoms with Crippen molar-refractivity contribution < 1.29 is 0 Å². The second-order valence-corrected chi connectivity index (χ2v) is 6.44. The molecule has 2 aliphatic rings. The van der Waals surface area contributed by atoms with Crippen molar-refractivity contribution in [3.05, 3.63) is 0 Å². The monoisotopic (exact) mass is 238 g/mol. The summed E-state index contributed by atoms with van der Waals surface area (Å²) in [4.78, 5) is 0. The van der Waals surface area contributed by atoms with Gasteiger partial charge in [-0.3, -0.25) is 0 Å². The van der Waals surface area contributed by atoms with Crippen LogP contribution in [0.15, 0.2) is 0 Å². The van der Waals surface area contributed by atoms with Gasteiger partial charge < -0.3 is 11.5 Å². The van der Waals surface area contributed by atoms with Crippen LogP contribution < -0.4 is 11.5 Å². The molecule has 0 saturated heterocycles. The van der Waals surface area contributed by atoms with Crippen molar-refractivity contribution in [2.75, 3.05) is 6.54 Å².